The average Bonchev–Trinajstić information content (AvgIpc) is 2.96. The van der Waals surface area contributed by atoms with Crippen molar-refractivity contribution in [1.82, 2.24) is 20.7 Å². The number of nitrogens with one attached hydrogen (secondary N) is 2. The lowest BCUT2D eigenvalue weighted by molar-refractivity contribution is -0.118. The van der Waals surface area contributed by atoms with Crippen molar-refractivity contribution < 1.29 is 9.32 Å². The van der Waals surface area contributed by atoms with E-state index in [0.717, 1.165) is 34.0 Å². The minimum atomic E-state index is 0.0161. The molecule has 7 heteroatoms. The summed E-state index contributed by atoms with van der Waals surface area (Å²) in [6.45, 7) is 6.24. The first-order valence-corrected chi connectivity index (χ1v) is 7.48. The van der Waals surface area contributed by atoms with E-state index < -0.39 is 0 Å². The van der Waals surface area contributed by atoms with E-state index in [1.54, 1.807) is 18.0 Å². The first-order valence-electron chi connectivity index (χ1n) is 6.33. The minimum Gasteiger partial charge on any atom is -0.361 e. The smallest absolute Gasteiger partial charge is 0.230 e. The predicted molar refractivity (Wildman–Crippen MR) is 77.3 cm³/mol. The van der Waals surface area contributed by atoms with E-state index in [1.165, 1.54) is 0 Å². The highest BCUT2D eigenvalue weighted by Crippen LogP contribution is 2.19. The van der Waals surface area contributed by atoms with Crippen molar-refractivity contribution in [2.24, 2.45) is 0 Å². The van der Waals surface area contributed by atoms with Crippen LogP contribution in [0.25, 0.3) is 0 Å². The largest absolute Gasteiger partial charge is 0.361 e. The van der Waals surface area contributed by atoms with Gasteiger partial charge in [-0.3, -0.25) is 9.89 Å². The van der Waals surface area contributed by atoms with Crippen LogP contribution in [0.2, 0.25) is 0 Å². The quantitative estimate of drug-likeness (QED) is 0.849. The molecule has 0 aliphatic carbocycles. The molecule has 2 heterocycles. The number of aromatic amines is 1. The number of rotatable bonds is 6. The van der Waals surface area contributed by atoms with Gasteiger partial charge in [0.1, 0.15) is 5.76 Å². The van der Waals surface area contributed by atoms with Crippen LogP contribution in [-0.2, 0) is 17.1 Å². The van der Waals surface area contributed by atoms with Crippen LogP contribution in [0.4, 0.5) is 0 Å². The zero-order valence-electron chi connectivity index (χ0n) is 11.8. The maximum absolute atomic E-state index is 11.7. The number of carbonyl (C=O) groups excluding carboxylic acids is 1. The first-order chi connectivity index (χ1) is 9.58. The monoisotopic (exact) mass is 294 g/mol. The van der Waals surface area contributed by atoms with Gasteiger partial charge >= 0.3 is 0 Å². The van der Waals surface area contributed by atoms with E-state index in [4.69, 9.17) is 4.52 Å². The van der Waals surface area contributed by atoms with Crippen molar-refractivity contribution in [1.29, 1.82) is 0 Å². The standard InChI is InChI=1S/C13H18N4O2S/c1-8-11(5-15-16-8)4-14-13(18)7-20-6-12-9(2)17-19-10(12)3/h5H,4,6-7H2,1-3H3,(H,14,18)(H,15,16). The highest BCUT2D eigenvalue weighted by molar-refractivity contribution is 7.99. The molecule has 108 valence electrons. The molecule has 0 radical (unpaired) electrons. The van der Waals surface area contributed by atoms with E-state index in [1.807, 2.05) is 20.8 Å². The minimum absolute atomic E-state index is 0.0161. The summed E-state index contributed by atoms with van der Waals surface area (Å²) in [5, 5.41) is 13.5. The second-order valence-electron chi connectivity index (χ2n) is 4.59. The van der Waals surface area contributed by atoms with Gasteiger partial charge in [-0.1, -0.05) is 5.16 Å². The Hall–Kier alpha value is -1.76. The van der Waals surface area contributed by atoms with E-state index in [9.17, 15) is 4.79 Å². The number of H-pyrrole nitrogens is 1. The van der Waals surface area contributed by atoms with E-state index in [2.05, 4.69) is 20.7 Å². The Bertz CT molecular complexity index is 571. The molecule has 0 saturated carbocycles. The Balaban J connectivity index is 1.72. The molecule has 2 N–H and O–H groups in total. The molecule has 0 aliphatic rings. The molecule has 2 aromatic heterocycles. The molecule has 20 heavy (non-hydrogen) atoms. The summed E-state index contributed by atoms with van der Waals surface area (Å²) >= 11 is 1.55. The Labute approximate surface area is 121 Å². The Morgan fingerprint density at radius 2 is 2.25 bits per heavy atom. The van der Waals surface area contributed by atoms with Gasteiger partial charge in [0.05, 0.1) is 17.6 Å². The van der Waals surface area contributed by atoms with Crippen molar-refractivity contribution in [3.05, 3.63) is 34.5 Å². The molecule has 0 unspecified atom stereocenters. The molecule has 0 aliphatic heterocycles. The summed E-state index contributed by atoms with van der Waals surface area (Å²) in [6, 6.07) is 0. The predicted octanol–water partition coefficient (Wildman–Crippen LogP) is 1.87. The maximum atomic E-state index is 11.7. The first kappa shape index (κ1) is 14.6. The van der Waals surface area contributed by atoms with Gasteiger partial charge in [0, 0.05) is 29.1 Å². The SMILES string of the molecule is Cc1noc(C)c1CSCC(=O)NCc1cn[nH]c1C. The van der Waals surface area contributed by atoms with Crippen molar-refractivity contribution in [2.45, 2.75) is 33.1 Å². The number of hydrogen-bond acceptors (Lipinski definition) is 5. The van der Waals surface area contributed by atoms with Crippen LogP contribution >= 0.6 is 11.8 Å². The van der Waals surface area contributed by atoms with Gasteiger partial charge in [-0.05, 0) is 20.8 Å². The Morgan fingerprint density at radius 3 is 2.85 bits per heavy atom. The highest BCUT2D eigenvalue weighted by atomic mass is 32.2. The van der Waals surface area contributed by atoms with Gasteiger partial charge in [-0.15, -0.1) is 11.8 Å². The van der Waals surface area contributed by atoms with Crippen LogP contribution in [0.15, 0.2) is 10.7 Å². The van der Waals surface area contributed by atoms with Gasteiger partial charge in [-0.25, -0.2) is 0 Å². The van der Waals surface area contributed by atoms with Crippen LogP contribution in [0, 0.1) is 20.8 Å². The van der Waals surface area contributed by atoms with Crippen molar-refractivity contribution in [3.8, 4) is 0 Å². The molecule has 0 fully saturated rings. The number of aromatic nitrogens is 3. The van der Waals surface area contributed by atoms with Crippen LogP contribution < -0.4 is 5.32 Å². The van der Waals surface area contributed by atoms with Gasteiger partial charge in [0.25, 0.3) is 0 Å². The molecule has 2 rings (SSSR count). The Kier molecular flexibility index (Phi) is 4.84. The number of aryl methyl sites for hydroxylation is 3. The molecular weight excluding hydrogens is 276 g/mol. The summed E-state index contributed by atoms with van der Waals surface area (Å²) < 4.78 is 5.09. The van der Waals surface area contributed by atoms with Crippen molar-refractivity contribution in [3.63, 3.8) is 0 Å². The zero-order valence-corrected chi connectivity index (χ0v) is 12.6. The van der Waals surface area contributed by atoms with Gasteiger partial charge < -0.3 is 9.84 Å². The maximum Gasteiger partial charge on any atom is 0.230 e. The fourth-order valence-electron chi connectivity index (χ4n) is 1.75. The fraction of sp³-hybridized carbons (Fsp3) is 0.462. The number of nitrogens with zero attached hydrogens (tertiary/aromatic N) is 2. The van der Waals surface area contributed by atoms with Crippen LogP contribution in [0.3, 0.4) is 0 Å². The summed E-state index contributed by atoms with van der Waals surface area (Å²) in [7, 11) is 0. The van der Waals surface area contributed by atoms with Crippen molar-refractivity contribution >= 4 is 17.7 Å². The molecule has 0 bridgehead atoms. The third-order valence-electron chi connectivity index (χ3n) is 3.07. The zero-order chi connectivity index (χ0) is 14.5. The van der Waals surface area contributed by atoms with Crippen LogP contribution in [0.5, 0.6) is 0 Å². The number of thioether (sulfide) groups is 1. The average molecular weight is 294 g/mol. The summed E-state index contributed by atoms with van der Waals surface area (Å²) in [6.07, 6.45) is 1.73. The molecule has 0 atom stereocenters. The normalized spacial score (nSPS) is 10.8. The van der Waals surface area contributed by atoms with Gasteiger partial charge in [-0.2, -0.15) is 5.10 Å². The van der Waals surface area contributed by atoms with E-state index in [-0.39, 0.29) is 5.91 Å². The molecule has 0 aromatic carbocycles. The summed E-state index contributed by atoms with van der Waals surface area (Å²) in [5.41, 5.74) is 3.96. The summed E-state index contributed by atoms with van der Waals surface area (Å²) in [4.78, 5) is 11.7. The molecule has 1 amide bonds. The fourth-order valence-corrected chi connectivity index (χ4v) is 2.76. The second kappa shape index (κ2) is 6.60. The lowest BCUT2D eigenvalue weighted by Gasteiger charge is -2.04. The van der Waals surface area contributed by atoms with Gasteiger partial charge in [0.15, 0.2) is 0 Å². The Morgan fingerprint density at radius 1 is 1.45 bits per heavy atom. The highest BCUT2D eigenvalue weighted by Gasteiger charge is 2.10. The van der Waals surface area contributed by atoms with E-state index in [0.29, 0.717) is 12.3 Å². The lowest BCUT2D eigenvalue weighted by Crippen LogP contribution is -2.24. The second-order valence-corrected chi connectivity index (χ2v) is 5.58. The molecule has 6 nitrogen and oxygen atoms in total. The number of hydrogen-bond donors (Lipinski definition) is 2. The van der Waals surface area contributed by atoms with Crippen molar-refractivity contribution in [2.75, 3.05) is 5.75 Å². The molecule has 0 saturated heterocycles. The van der Waals surface area contributed by atoms with Gasteiger partial charge in [0.2, 0.25) is 5.91 Å². The third kappa shape index (κ3) is 3.63. The molecule has 0 spiro atoms. The van der Waals surface area contributed by atoms with E-state index >= 15 is 0 Å². The summed E-state index contributed by atoms with van der Waals surface area (Å²) in [5.74, 6) is 1.99. The topological polar surface area (TPSA) is 83.8 Å². The number of carbonyl (C=O) groups is 1. The van der Waals surface area contributed by atoms with Crippen LogP contribution in [0.1, 0.15) is 28.3 Å². The lowest BCUT2D eigenvalue weighted by atomic mass is 10.2. The van der Waals surface area contributed by atoms with Crippen LogP contribution in [-0.4, -0.2) is 27.0 Å². The number of amides is 1. The molecule has 2 aromatic rings. The third-order valence-corrected chi connectivity index (χ3v) is 4.03. The molecular formula is C13H18N4O2S.